The fourth-order valence-electron chi connectivity index (χ4n) is 3.16. The summed E-state index contributed by atoms with van der Waals surface area (Å²) in [5.41, 5.74) is 1.93. The van der Waals surface area contributed by atoms with Crippen LogP contribution in [0.2, 0.25) is 0 Å². The van der Waals surface area contributed by atoms with Crippen LogP contribution in [0.5, 0.6) is 0 Å². The molecule has 3 rings (SSSR count). The number of hydrogen-bond acceptors (Lipinski definition) is 5. The van der Waals surface area contributed by atoms with Crippen LogP contribution < -0.4 is 5.32 Å². The number of nitrogens with one attached hydrogen (secondary N) is 1. The summed E-state index contributed by atoms with van der Waals surface area (Å²) in [6.45, 7) is 10.2. The number of hydrogen-bond donors (Lipinski definition) is 1. The van der Waals surface area contributed by atoms with Crippen LogP contribution in [-0.2, 0) is 4.79 Å². The van der Waals surface area contributed by atoms with Gasteiger partial charge in [-0.2, -0.15) is 5.10 Å². The highest BCUT2D eigenvalue weighted by molar-refractivity contribution is 7.13. The van der Waals surface area contributed by atoms with E-state index >= 15 is 0 Å². The summed E-state index contributed by atoms with van der Waals surface area (Å²) in [6, 6.07) is 5.89. The summed E-state index contributed by atoms with van der Waals surface area (Å²) in [5.74, 6) is -0.364. The van der Waals surface area contributed by atoms with Gasteiger partial charge < -0.3 is 10.2 Å². The van der Waals surface area contributed by atoms with Crippen molar-refractivity contribution in [2.75, 3.05) is 13.1 Å². The first-order chi connectivity index (χ1) is 13.8. The highest BCUT2D eigenvalue weighted by Crippen LogP contribution is 2.29. The van der Waals surface area contributed by atoms with Gasteiger partial charge in [0.25, 0.3) is 5.91 Å². The number of carbonyl (C=O) groups excluding carboxylic acids is 2. The van der Waals surface area contributed by atoms with Crippen molar-refractivity contribution in [3.63, 3.8) is 0 Å². The molecule has 0 aliphatic rings. The Balaban J connectivity index is 2.06. The second-order valence-electron chi connectivity index (χ2n) is 7.49. The van der Waals surface area contributed by atoms with E-state index in [4.69, 9.17) is 4.98 Å². The molecule has 0 bridgehead atoms. The third kappa shape index (κ3) is 4.48. The first-order valence-electron chi connectivity index (χ1n) is 9.82. The van der Waals surface area contributed by atoms with Crippen LogP contribution in [0.3, 0.4) is 0 Å². The standard InChI is InChI=1S/C21H27N5O2S/c1-6-25(12-19(27)23-13(2)3)21(28)15-10-17(18-8-7-9-29-18)24-20-16(15)11-22-26(20)14(4)5/h7-11,13-14H,6,12H2,1-5H3,(H,23,27). The van der Waals surface area contributed by atoms with E-state index in [1.54, 1.807) is 22.4 Å². The number of fused-ring (bicyclic) bond motifs is 1. The smallest absolute Gasteiger partial charge is 0.255 e. The third-order valence-corrected chi connectivity index (χ3v) is 5.41. The van der Waals surface area contributed by atoms with Crippen LogP contribution in [0.4, 0.5) is 0 Å². The highest BCUT2D eigenvalue weighted by atomic mass is 32.1. The molecule has 29 heavy (non-hydrogen) atoms. The molecule has 0 aliphatic heterocycles. The summed E-state index contributed by atoms with van der Waals surface area (Å²) in [5, 5.41) is 9.98. The van der Waals surface area contributed by atoms with Crippen molar-refractivity contribution in [3.8, 4) is 10.6 Å². The van der Waals surface area contributed by atoms with E-state index in [0.717, 1.165) is 10.6 Å². The third-order valence-electron chi connectivity index (χ3n) is 4.51. The molecule has 0 spiro atoms. The molecule has 0 saturated carbocycles. The Kier molecular flexibility index (Phi) is 6.32. The first kappa shape index (κ1) is 21.0. The predicted molar refractivity (Wildman–Crippen MR) is 116 cm³/mol. The Morgan fingerprint density at radius 3 is 2.62 bits per heavy atom. The lowest BCUT2D eigenvalue weighted by atomic mass is 10.1. The van der Waals surface area contributed by atoms with Crippen LogP contribution in [0.25, 0.3) is 21.6 Å². The molecule has 3 aromatic rings. The second-order valence-corrected chi connectivity index (χ2v) is 8.44. The monoisotopic (exact) mass is 413 g/mol. The average Bonchev–Trinajstić information content (AvgIpc) is 3.33. The number of likely N-dealkylation sites (N-methyl/N-ethyl adjacent to an activating group) is 1. The molecule has 3 heterocycles. The Bertz CT molecular complexity index is 1010. The fraction of sp³-hybridized carbons (Fsp3) is 0.429. The van der Waals surface area contributed by atoms with Gasteiger partial charge in [-0.05, 0) is 52.1 Å². The fourth-order valence-corrected chi connectivity index (χ4v) is 3.85. The lowest BCUT2D eigenvalue weighted by Crippen LogP contribution is -2.42. The van der Waals surface area contributed by atoms with Gasteiger partial charge >= 0.3 is 0 Å². The topological polar surface area (TPSA) is 80.1 Å². The van der Waals surface area contributed by atoms with E-state index in [1.807, 2.05) is 62.9 Å². The largest absolute Gasteiger partial charge is 0.352 e. The quantitative estimate of drug-likeness (QED) is 0.640. The van der Waals surface area contributed by atoms with Gasteiger partial charge in [0, 0.05) is 18.6 Å². The summed E-state index contributed by atoms with van der Waals surface area (Å²) < 4.78 is 1.82. The molecule has 0 atom stereocenters. The van der Waals surface area contributed by atoms with E-state index < -0.39 is 0 Å². The van der Waals surface area contributed by atoms with Crippen molar-refractivity contribution >= 4 is 34.2 Å². The van der Waals surface area contributed by atoms with Crippen molar-refractivity contribution in [2.45, 2.75) is 46.7 Å². The van der Waals surface area contributed by atoms with Crippen molar-refractivity contribution in [1.82, 2.24) is 25.0 Å². The second kappa shape index (κ2) is 8.73. The minimum atomic E-state index is -0.195. The molecule has 0 aromatic carbocycles. The van der Waals surface area contributed by atoms with E-state index in [1.165, 1.54) is 0 Å². The number of aromatic nitrogens is 3. The number of thiophene rings is 1. The molecule has 8 heteroatoms. The average molecular weight is 414 g/mol. The Morgan fingerprint density at radius 1 is 1.28 bits per heavy atom. The summed E-state index contributed by atoms with van der Waals surface area (Å²) in [7, 11) is 0. The van der Waals surface area contributed by atoms with Gasteiger partial charge in [-0.3, -0.25) is 9.59 Å². The maximum atomic E-state index is 13.4. The van der Waals surface area contributed by atoms with Crippen molar-refractivity contribution < 1.29 is 9.59 Å². The maximum absolute atomic E-state index is 13.4. The molecule has 0 saturated heterocycles. The zero-order valence-corrected chi connectivity index (χ0v) is 18.3. The first-order valence-corrected chi connectivity index (χ1v) is 10.7. The molecule has 1 N–H and O–H groups in total. The number of carbonyl (C=O) groups is 2. The van der Waals surface area contributed by atoms with Crippen LogP contribution in [-0.4, -0.2) is 50.6 Å². The van der Waals surface area contributed by atoms with Crippen LogP contribution in [0, 0.1) is 0 Å². The minimum absolute atomic E-state index is 0.0178. The lowest BCUT2D eigenvalue weighted by Gasteiger charge is -2.22. The highest BCUT2D eigenvalue weighted by Gasteiger charge is 2.23. The molecule has 0 unspecified atom stereocenters. The van der Waals surface area contributed by atoms with E-state index in [2.05, 4.69) is 10.4 Å². The number of rotatable bonds is 7. The summed E-state index contributed by atoms with van der Waals surface area (Å²) >= 11 is 1.57. The van der Waals surface area contributed by atoms with Crippen LogP contribution in [0.1, 0.15) is 51.0 Å². The normalized spacial score (nSPS) is 11.4. The molecule has 2 amide bonds. The minimum Gasteiger partial charge on any atom is -0.352 e. The zero-order valence-electron chi connectivity index (χ0n) is 17.5. The Labute approximate surface area is 174 Å². The summed E-state index contributed by atoms with van der Waals surface area (Å²) in [4.78, 5) is 33.0. The van der Waals surface area contributed by atoms with Gasteiger partial charge in [0.05, 0.1) is 34.3 Å². The molecule has 154 valence electrons. The predicted octanol–water partition coefficient (Wildman–Crippen LogP) is 3.73. The van der Waals surface area contributed by atoms with E-state index in [9.17, 15) is 9.59 Å². The van der Waals surface area contributed by atoms with E-state index in [-0.39, 0.29) is 30.4 Å². The SMILES string of the molecule is CCN(CC(=O)NC(C)C)C(=O)c1cc(-c2cccs2)nc2c1cnn2C(C)C. The van der Waals surface area contributed by atoms with Gasteiger partial charge in [0.15, 0.2) is 5.65 Å². The van der Waals surface area contributed by atoms with Crippen molar-refractivity contribution in [2.24, 2.45) is 0 Å². The molecule has 7 nitrogen and oxygen atoms in total. The van der Waals surface area contributed by atoms with Crippen LogP contribution in [0.15, 0.2) is 29.8 Å². The van der Waals surface area contributed by atoms with Gasteiger partial charge in [-0.15, -0.1) is 11.3 Å². The number of pyridine rings is 1. The number of nitrogens with zero attached hydrogens (tertiary/aromatic N) is 4. The maximum Gasteiger partial charge on any atom is 0.255 e. The van der Waals surface area contributed by atoms with Gasteiger partial charge in [0.2, 0.25) is 5.91 Å². The lowest BCUT2D eigenvalue weighted by molar-refractivity contribution is -0.122. The summed E-state index contributed by atoms with van der Waals surface area (Å²) in [6.07, 6.45) is 1.69. The molecule has 3 aromatic heterocycles. The Hall–Kier alpha value is -2.74. The van der Waals surface area contributed by atoms with Crippen molar-refractivity contribution in [3.05, 3.63) is 35.3 Å². The van der Waals surface area contributed by atoms with Crippen LogP contribution >= 0.6 is 11.3 Å². The van der Waals surface area contributed by atoms with Gasteiger partial charge in [-0.1, -0.05) is 6.07 Å². The van der Waals surface area contributed by atoms with Crippen molar-refractivity contribution in [1.29, 1.82) is 0 Å². The molecular formula is C21H27N5O2S. The zero-order chi connectivity index (χ0) is 21.1. The molecule has 0 fully saturated rings. The van der Waals surface area contributed by atoms with E-state index in [0.29, 0.717) is 23.1 Å². The Morgan fingerprint density at radius 2 is 2.03 bits per heavy atom. The van der Waals surface area contributed by atoms with Gasteiger partial charge in [-0.25, -0.2) is 9.67 Å². The number of amides is 2. The molecule has 0 radical (unpaired) electrons. The molecule has 0 aliphatic carbocycles. The molecular weight excluding hydrogens is 386 g/mol. The van der Waals surface area contributed by atoms with Gasteiger partial charge in [0.1, 0.15) is 0 Å².